The predicted octanol–water partition coefficient (Wildman–Crippen LogP) is 3.21. The number of carboxylic acid groups (broad SMARTS) is 1. The van der Waals surface area contributed by atoms with Crippen molar-refractivity contribution in [2.24, 2.45) is 0 Å². The fraction of sp³-hybridized carbons (Fsp3) is 0.300. The van der Waals surface area contributed by atoms with E-state index >= 15 is 0 Å². The number of halogens is 1. The standard InChI is InChI=1S/C20H23FN2O3/c1-4-23(11-10-22(2)3)19(24)16-7-5-6-14(12-16)15-8-9-18(21)17(13-15)20(25)26/h5-9,12-13H,4,10-11H2,1-3H3,(H,25,26). The summed E-state index contributed by atoms with van der Waals surface area (Å²) in [7, 11) is 3.90. The van der Waals surface area contributed by atoms with Crippen LogP contribution in [0.1, 0.15) is 27.6 Å². The van der Waals surface area contributed by atoms with Crippen molar-refractivity contribution in [3.8, 4) is 11.1 Å². The first-order chi connectivity index (χ1) is 12.3. The van der Waals surface area contributed by atoms with Gasteiger partial charge in [-0.25, -0.2) is 9.18 Å². The fourth-order valence-corrected chi connectivity index (χ4v) is 2.61. The van der Waals surface area contributed by atoms with Crippen molar-refractivity contribution in [3.63, 3.8) is 0 Å². The zero-order valence-corrected chi connectivity index (χ0v) is 15.2. The van der Waals surface area contributed by atoms with Gasteiger partial charge < -0.3 is 14.9 Å². The molecule has 2 aromatic carbocycles. The monoisotopic (exact) mass is 358 g/mol. The molecule has 0 bridgehead atoms. The van der Waals surface area contributed by atoms with Gasteiger partial charge in [-0.1, -0.05) is 18.2 Å². The summed E-state index contributed by atoms with van der Waals surface area (Å²) in [6, 6.07) is 10.9. The minimum absolute atomic E-state index is 0.0863. The van der Waals surface area contributed by atoms with Gasteiger partial charge >= 0.3 is 5.97 Å². The summed E-state index contributed by atoms with van der Waals surface area (Å²) >= 11 is 0. The molecule has 1 N–H and O–H groups in total. The van der Waals surface area contributed by atoms with E-state index in [1.165, 1.54) is 12.1 Å². The molecule has 1 amide bonds. The molecular formula is C20H23FN2O3. The zero-order valence-electron chi connectivity index (χ0n) is 15.2. The second kappa shape index (κ2) is 8.58. The summed E-state index contributed by atoms with van der Waals surface area (Å²) in [6.45, 7) is 3.90. The largest absolute Gasteiger partial charge is 0.478 e. The van der Waals surface area contributed by atoms with Crippen LogP contribution in [0.5, 0.6) is 0 Å². The molecule has 5 nitrogen and oxygen atoms in total. The summed E-state index contributed by atoms with van der Waals surface area (Å²) in [6.07, 6.45) is 0. The van der Waals surface area contributed by atoms with Crippen LogP contribution in [0.4, 0.5) is 4.39 Å². The second-order valence-electron chi connectivity index (χ2n) is 6.27. The molecule has 0 unspecified atom stereocenters. The van der Waals surface area contributed by atoms with E-state index < -0.39 is 11.8 Å². The highest BCUT2D eigenvalue weighted by Gasteiger charge is 2.16. The van der Waals surface area contributed by atoms with Gasteiger partial charge in [-0.05, 0) is 56.4 Å². The molecule has 0 aliphatic heterocycles. The smallest absolute Gasteiger partial charge is 0.338 e. The molecule has 0 saturated heterocycles. The van der Waals surface area contributed by atoms with Gasteiger partial charge in [0, 0.05) is 25.2 Å². The molecule has 0 saturated carbocycles. The van der Waals surface area contributed by atoms with Gasteiger partial charge in [-0.2, -0.15) is 0 Å². The van der Waals surface area contributed by atoms with E-state index in [1.807, 2.05) is 25.9 Å². The number of rotatable bonds is 7. The van der Waals surface area contributed by atoms with Crippen molar-refractivity contribution in [1.82, 2.24) is 9.80 Å². The SMILES string of the molecule is CCN(CCN(C)C)C(=O)c1cccc(-c2ccc(F)c(C(=O)O)c2)c1. The Morgan fingerprint density at radius 2 is 1.73 bits per heavy atom. The average Bonchev–Trinajstić information content (AvgIpc) is 2.62. The van der Waals surface area contributed by atoms with Crippen molar-refractivity contribution in [2.75, 3.05) is 33.7 Å². The first kappa shape index (κ1) is 19.6. The molecule has 0 aliphatic rings. The third-order valence-corrected chi connectivity index (χ3v) is 4.13. The van der Waals surface area contributed by atoms with E-state index in [1.54, 1.807) is 29.2 Å². The maximum Gasteiger partial charge on any atom is 0.338 e. The molecule has 138 valence electrons. The molecule has 0 spiro atoms. The van der Waals surface area contributed by atoms with Crippen LogP contribution in [0, 0.1) is 5.82 Å². The van der Waals surface area contributed by atoms with Gasteiger partial charge in [0.2, 0.25) is 0 Å². The maximum absolute atomic E-state index is 13.6. The number of hydrogen-bond acceptors (Lipinski definition) is 3. The number of carbonyl (C=O) groups excluding carboxylic acids is 1. The molecule has 0 aliphatic carbocycles. The summed E-state index contributed by atoms with van der Waals surface area (Å²) in [5.41, 5.74) is 1.35. The lowest BCUT2D eigenvalue weighted by molar-refractivity contribution is 0.0690. The van der Waals surface area contributed by atoms with Crippen molar-refractivity contribution < 1.29 is 19.1 Å². The first-order valence-corrected chi connectivity index (χ1v) is 8.40. The summed E-state index contributed by atoms with van der Waals surface area (Å²) in [5, 5.41) is 9.08. The molecule has 0 radical (unpaired) electrons. The fourth-order valence-electron chi connectivity index (χ4n) is 2.61. The lowest BCUT2D eigenvalue weighted by Crippen LogP contribution is -2.36. The van der Waals surface area contributed by atoms with Crippen molar-refractivity contribution in [1.29, 1.82) is 0 Å². The Hall–Kier alpha value is -2.73. The van der Waals surface area contributed by atoms with E-state index in [0.717, 1.165) is 12.6 Å². The highest BCUT2D eigenvalue weighted by Crippen LogP contribution is 2.24. The van der Waals surface area contributed by atoms with Gasteiger partial charge in [-0.3, -0.25) is 4.79 Å². The Morgan fingerprint density at radius 3 is 2.35 bits per heavy atom. The van der Waals surface area contributed by atoms with Crippen LogP contribution >= 0.6 is 0 Å². The number of amides is 1. The Kier molecular flexibility index (Phi) is 6.46. The topological polar surface area (TPSA) is 60.9 Å². The van der Waals surface area contributed by atoms with E-state index in [-0.39, 0.29) is 11.5 Å². The van der Waals surface area contributed by atoms with Crippen LogP contribution in [-0.4, -0.2) is 60.5 Å². The lowest BCUT2D eigenvalue weighted by Gasteiger charge is -2.23. The number of carbonyl (C=O) groups is 2. The summed E-state index contributed by atoms with van der Waals surface area (Å²) in [4.78, 5) is 27.7. The molecule has 0 atom stereocenters. The Bertz CT molecular complexity index is 805. The number of carboxylic acids is 1. The van der Waals surface area contributed by atoms with Crippen LogP contribution in [0.3, 0.4) is 0 Å². The van der Waals surface area contributed by atoms with E-state index in [4.69, 9.17) is 5.11 Å². The Labute approximate surface area is 152 Å². The van der Waals surface area contributed by atoms with E-state index in [0.29, 0.717) is 29.8 Å². The van der Waals surface area contributed by atoms with Crippen LogP contribution in [0.25, 0.3) is 11.1 Å². The lowest BCUT2D eigenvalue weighted by atomic mass is 10.0. The molecule has 26 heavy (non-hydrogen) atoms. The van der Waals surface area contributed by atoms with Crippen LogP contribution < -0.4 is 0 Å². The molecule has 2 rings (SSSR count). The normalized spacial score (nSPS) is 10.8. The third kappa shape index (κ3) is 4.67. The highest BCUT2D eigenvalue weighted by atomic mass is 19.1. The van der Waals surface area contributed by atoms with Gasteiger partial charge in [0.1, 0.15) is 5.82 Å². The maximum atomic E-state index is 13.6. The highest BCUT2D eigenvalue weighted by molar-refractivity contribution is 5.96. The minimum Gasteiger partial charge on any atom is -0.478 e. The predicted molar refractivity (Wildman–Crippen MR) is 98.9 cm³/mol. The van der Waals surface area contributed by atoms with Crippen molar-refractivity contribution in [2.45, 2.75) is 6.92 Å². The Balaban J connectivity index is 2.31. The number of benzene rings is 2. The first-order valence-electron chi connectivity index (χ1n) is 8.40. The van der Waals surface area contributed by atoms with Gasteiger partial charge in [0.25, 0.3) is 5.91 Å². The molecular weight excluding hydrogens is 335 g/mol. The van der Waals surface area contributed by atoms with Crippen molar-refractivity contribution in [3.05, 3.63) is 59.4 Å². The van der Waals surface area contributed by atoms with E-state index in [2.05, 4.69) is 0 Å². The van der Waals surface area contributed by atoms with Gasteiger partial charge in [0.05, 0.1) is 5.56 Å². The molecule has 0 heterocycles. The van der Waals surface area contributed by atoms with Gasteiger partial charge in [0.15, 0.2) is 0 Å². The summed E-state index contributed by atoms with van der Waals surface area (Å²) < 4.78 is 13.6. The quantitative estimate of drug-likeness (QED) is 0.826. The van der Waals surface area contributed by atoms with Crippen LogP contribution in [0.15, 0.2) is 42.5 Å². The molecule has 2 aromatic rings. The summed E-state index contributed by atoms with van der Waals surface area (Å²) in [5.74, 6) is -2.19. The van der Waals surface area contributed by atoms with Gasteiger partial charge in [-0.15, -0.1) is 0 Å². The number of hydrogen-bond donors (Lipinski definition) is 1. The molecule has 6 heteroatoms. The number of aromatic carboxylic acids is 1. The van der Waals surface area contributed by atoms with Crippen LogP contribution in [0.2, 0.25) is 0 Å². The van der Waals surface area contributed by atoms with Crippen molar-refractivity contribution >= 4 is 11.9 Å². The Morgan fingerprint density at radius 1 is 1.04 bits per heavy atom. The number of likely N-dealkylation sites (N-methyl/N-ethyl adjacent to an activating group) is 2. The van der Waals surface area contributed by atoms with Crippen LogP contribution in [-0.2, 0) is 0 Å². The third-order valence-electron chi connectivity index (χ3n) is 4.13. The average molecular weight is 358 g/mol. The second-order valence-corrected chi connectivity index (χ2v) is 6.27. The zero-order chi connectivity index (χ0) is 19.3. The van der Waals surface area contributed by atoms with E-state index in [9.17, 15) is 14.0 Å². The number of nitrogens with zero attached hydrogens (tertiary/aromatic N) is 2. The molecule has 0 fully saturated rings. The minimum atomic E-state index is -1.32. The molecule has 0 aromatic heterocycles.